The fraction of sp³-hybridized carbons (Fsp3) is 0.154. The number of oxime groups is 1. The molecule has 0 atom stereocenters. The minimum absolute atomic E-state index is 0.0805. The monoisotopic (exact) mass is 344 g/mol. The molecular weight excluding hydrogens is 333 g/mol. The molecule has 10 heteroatoms. The standard InChI is InChI=1S/C13H11F3N4O2S/c1-7-18-10(6-23-7)11(17)20-22-12(21)19-9-4-2-3-8(5-9)13(14,15)16/h2-6H,1H3,(H2,17,20)(H,19,21). The average molecular weight is 344 g/mol. The van der Waals surface area contributed by atoms with Crippen LogP contribution in [0.25, 0.3) is 0 Å². The number of amides is 1. The Hall–Kier alpha value is -2.62. The van der Waals surface area contributed by atoms with E-state index in [4.69, 9.17) is 5.73 Å². The lowest BCUT2D eigenvalue weighted by Crippen LogP contribution is -2.18. The number of rotatable bonds is 3. The Kier molecular flexibility index (Phi) is 4.84. The summed E-state index contributed by atoms with van der Waals surface area (Å²) in [6, 6.07) is 4.11. The molecule has 0 saturated heterocycles. The molecule has 0 aliphatic carbocycles. The van der Waals surface area contributed by atoms with Gasteiger partial charge in [0.2, 0.25) is 0 Å². The molecule has 0 bridgehead atoms. The number of amidine groups is 1. The zero-order valence-corrected chi connectivity index (χ0v) is 12.5. The largest absolute Gasteiger partial charge is 0.437 e. The summed E-state index contributed by atoms with van der Waals surface area (Å²) in [5.41, 5.74) is 4.95. The molecule has 6 nitrogen and oxygen atoms in total. The maximum atomic E-state index is 12.6. The maximum Gasteiger partial charge on any atom is 0.437 e. The summed E-state index contributed by atoms with van der Waals surface area (Å²) in [7, 11) is 0. The Morgan fingerprint density at radius 3 is 2.78 bits per heavy atom. The van der Waals surface area contributed by atoms with Crippen LogP contribution in [0.3, 0.4) is 0 Å². The molecule has 122 valence electrons. The third-order valence-electron chi connectivity index (χ3n) is 2.54. The molecule has 0 fully saturated rings. The van der Waals surface area contributed by atoms with Gasteiger partial charge in [-0.25, -0.2) is 9.78 Å². The molecule has 0 aliphatic heterocycles. The first-order valence-corrected chi connectivity index (χ1v) is 7.05. The molecule has 1 heterocycles. The van der Waals surface area contributed by atoms with E-state index in [2.05, 4.69) is 20.3 Å². The molecule has 1 aromatic carbocycles. The highest BCUT2D eigenvalue weighted by Crippen LogP contribution is 2.30. The van der Waals surface area contributed by atoms with Crippen molar-refractivity contribution >= 4 is 29.0 Å². The van der Waals surface area contributed by atoms with Crippen molar-refractivity contribution in [2.45, 2.75) is 13.1 Å². The van der Waals surface area contributed by atoms with Crippen LogP contribution in [0.2, 0.25) is 0 Å². The SMILES string of the molecule is Cc1nc(C(N)=NOC(=O)Nc2cccc(C(F)(F)F)c2)cs1. The van der Waals surface area contributed by atoms with Gasteiger partial charge in [-0.15, -0.1) is 11.3 Å². The number of carbonyl (C=O) groups is 1. The number of anilines is 1. The minimum Gasteiger partial charge on any atom is -0.379 e. The van der Waals surface area contributed by atoms with Crippen molar-refractivity contribution in [3.63, 3.8) is 0 Å². The minimum atomic E-state index is -4.51. The molecule has 2 rings (SSSR count). The lowest BCUT2D eigenvalue weighted by Gasteiger charge is -2.08. The van der Waals surface area contributed by atoms with Crippen LogP contribution in [0.5, 0.6) is 0 Å². The number of nitrogens with two attached hydrogens (primary N) is 1. The number of thiazole rings is 1. The van der Waals surface area contributed by atoms with Crippen molar-refractivity contribution in [3.05, 3.63) is 45.9 Å². The zero-order valence-electron chi connectivity index (χ0n) is 11.7. The second kappa shape index (κ2) is 6.65. The predicted molar refractivity (Wildman–Crippen MR) is 79.1 cm³/mol. The van der Waals surface area contributed by atoms with Crippen molar-refractivity contribution in [3.8, 4) is 0 Å². The van der Waals surface area contributed by atoms with E-state index in [1.165, 1.54) is 17.4 Å². The van der Waals surface area contributed by atoms with Crippen LogP contribution in [0.1, 0.15) is 16.3 Å². The van der Waals surface area contributed by atoms with E-state index in [-0.39, 0.29) is 11.5 Å². The Labute approximate surface area is 132 Å². The number of alkyl halides is 3. The molecule has 0 unspecified atom stereocenters. The fourth-order valence-corrected chi connectivity index (χ4v) is 2.14. The first-order valence-electron chi connectivity index (χ1n) is 6.17. The molecule has 23 heavy (non-hydrogen) atoms. The summed E-state index contributed by atoms with van der Waals surface area (Å²) < 4.78 is 37.7. The van der Waals surface area contributed by atoms with Gasteiger partial charge in [-0.2, -0.15) is 13.2 Å². The van der Waals surface area contributed by atoms with Gasteiger partial charge in [-0.05, 0) is 25.1 Å². The number of aryl methyl sites for hydroxylation is 1. The molecule has 2 aromatic rings. The highest BCUT2D eigenvalue weighted by Gasteiger charge is 2.30. The summed E-state index contributed by atoms with van der Waals surface area (Å²) in [6.07, 6.45) is -5.58. The zero-order chi connectivity index (χ0) is 17.0. The fourth-order valence-electron chi connectivity index (χ4n) is 1.53. The van der Waals surface area contributed by atoms with Crippen LogP contribution >= 0.6 is 11.3 Å². The number of benzene rings is 1. The van der Waals surface area contributed by atoms with Crippen molar-refractivity contribution in [2.24, 2.45) is 10.9 Å². The molecule has 0 saturated carbocycles. The van der Waals surface area contributed by atoms with Crippen LogP contribution in [-0.4, -0.2) is 16.9 Å². The normalized spacial score (nSPS) is 12.1. The number of aromatic nitrogens is 1. The van der Waals surface area contributed by atoms with Gasteiger partial charge >= 0.3 is 12.3 Å². The maximum absolute atomic E-state index is 12.6. The summed E-state index contributed by atoms with van der Waals surface area (Å²) in [5, 5.41) is 7.89. The first-order chi connectivity index (χ1) is 10.8. The van der Waals surface area contributed by atoms with Gasteiger partial charge in [-0.3, -0.25) is 10.2 Å². The summed E-state index contributed by atoms with van der Waals surface area (Å²) >= 11 is 1.34. The summed E-state index contributed by atoms with van der Waals surface area (Å²) in [4.78, 5) is 20.0. The van der Waals surface area contributed by atoms with Crippen LogP contribution in [0.4, 0.5) is 23.7 Å². The van der Waals surface area contributed by atoms with E-state index in [0.29, 0.717) is 5.69 Å². The lowest BCUT2D eigenvalue weighted by atomic mass is 10.2. The van der Waals surface area contributed by atoms with Gasteiger partial charge < -0.3 is 5.73 Å². The number of nitrogens with zero attached hydrogens (tertiary/aromatic N) is 2. The number of carbonyl (C=O) groups excluding carboxylic acids is 1. The van der Waals surface area contributed by atoms with E-state index in [1.807, 2.05) is 0 Å². The Balaban J connectivity index is 2.00. The molecule has 3 N–H and O–H groups in total. The van der Waals surface area contributed by atoms with E-state index in [0.717, 1.165) is 23.2 Å². The van der Waals surface area contributed by atoms with E-state index in [1.54, 1.807) is 12.3 Å². The van der Waals surface area contributed by atoms with E-state index >= 15 is 0 Å². The molecule has 0 aliphatic rings. The molecule has 1 aromatic heterocycles. The Morgan fingerprint density at radius 2 is 2.17 bits per heavy atom. The lowest BCUT2D eigenvalue weighted by molar-refractivity contribution is -0.137. The third-order valence-corrected chi connectivity index (χ3v) is 3.32. The molecule has 0 radical (unpaired) electrons. The van der Waals surface area contributed by atoms with Crippen molar-refractivity contribution in [1.82, 2.24) is 4.98 Å². The van der Waals surface area contributed by atoms with Gasteiger partial charge in [-0.1, -0.05) is 11.2 Å². The quantitative estimate of drug-likeness (QED) is 0.387. The van der Waals surface area contributed by atoms with E-state index < -0.39 is 17.8 Å². The number of hydrogen-bond acceptors (Lipinski definition) is 5. The second-order valence-electron chi connectivity index (χ2n) is 4.31. The van der Waals surface area contributed by atoms with Gasteiger partial charge in [0.15, 0.2) is 5.84 Å². The van der Waals surface area contributed by atoms with Crippen LogP contribution in [-0.2, 0) is 11.0 Å². The number of halogens is 3. The number of hydrogen-bond donors (Lipinski definition) is 2. The van der Waals surface area contributed by atoms with Crippen LogP contribution in [0, 0.1) is 6.92 Å². The Morgan fingerprint density at radius 1 is 1.43 bits per heavy atom. The van der Waals surface area contributed by atoms with Gasteiger partial charge in [0, 0.05) is 11.1 Å². The van der Waals surface area contributed by atoms with Gasteiger partial charge in [0.1, 0.15) is 5.69 Å². The third kappa shape index (κ3) is 4.68. The average Bonchev–Trinajstić information content (AvgIpc) is 2.91. The van der Waals surface area contributed by atoms with Gasteiger partial charge in [0.05, 0.1) is 10.6 Å². The van der Waals surface area contributed by atoms with Gasteiger partial charge in [0.25, 0.3) is 0 Å². The van der Waals surface area contributed by atoms with Crippen molar-refractivity contribution in [1.29, 1.82) is 0 Å². The first kappa shape index (κ1) is 16.7. The van der Waals surface area contributed by atoms with Crippen molar-refractivity contribution < 1.29 is 22.8 Å². The molecule has 0 spiro atoms. The number of nitrogens with one attached hydrogen (secondary N) is 1. The van der Waals surface area contributed by atoms with Crippen LogP contribution in [0.15, 0.2) is 34.8 Å². The highest BCUT2D eigenvalue weighted by atomic mass is 32.1. The summed E-state index contributed by atoms with van der Waals surface area (Å²) in [6.45, 7) is 1.77. The topological polar surface area (TPSA) is 89.6 Å². The second-order valence-corrected chi connectivity index (χ2v) is 5.37. The van der Waals surface area contributed by atoms with Crippen LogP contribution < -0.4 is 11.1 Å². The smallest absolute Gasteiger partial charge is 0.379 e. The van der Waals surface area contributed by atoms with Crippen molar-refractivity contribution in [2.75, 3.05) is 5.32 Å². The molecular formula is C13H11F3N4O2S. The Bertz CT molecular complexity index is 743. The molecule has 1 amide bonds. The highest BCUT2D eigenvalue weighted by molar-refractivity contribution is 7.09. The predicted octanol–water partition coefficient (Wildman–Crippen LogP) is 3.34. The summed E-state index contributed by atoms with van der Waals surface area (Å²) in [5.74, 6) is -0.117. The van der Waals surface area contributed by atoms with E-state index in [9.17, 15) is 18.0 Å².